The lowest BCUT2D eigenvalue weighted by atomic mass is 10.2. The number of ether oxygens (including phenoxy) is 1. The van der Waals surface area contributed by atoms with Crippen LogP contribution >= 0.6 is 0 Å². The van der Waals surface area contributed by atoms with Crippen LogP contribution in [0.1, 0.15) is 23.7 Å². The Morgan fingerprint density at radius 2 is 2.14 bits per heavy atom. The van der Waals surface area contributed by atoms with Crippen LogP contribution in [0.25, 0.3) is 0 Å². The summed E-state index contributed by atoms with van der Waals surface area (Å²) in [7, 11) is -1.40. The number of carbonyl (C=O) groups excluding carboxylic acids is 1. The van der Waals surface area contributed by atoms with Crippen LogP contribution in [0.4, 0.5) is 0 Å². The molecule has 0 amide bonds. The fraction of sp³-hybridized carbons (Fsp3) is 0.385. The van der Waals surface area contributed by atoms with Gasteiger partial charge in [0.25, 0.3) is 0 Å². The van der Waals surface area contributed by atoms with Gasteiger partial charge in [0.15, 0.2) is 0 Å². The summed E-state index contributed by atoms with van der Waals surface area (Å²) < 4.78 is 30.3. The number of sulfonamides is 1. The molecule has 0 spiro atoms. The Balaban J connectivity index is 3.27. The number of phenolic OH excluding ortho intramolecular Hbond substituents is 1. The van der Waals surface area contributed by atoms with Crippen LogP contribution in [0.3, 0.4) is 0 Å². The van der Waals surface area contributed by atoms with E-state index in [-0.39, 0.29) is 22.6 Å². The van der Waals surface area contributed by atoms with Crippen molar-refractivity contribution in [2.75, 3.05) is 14.2 Å². The molecule has 0 aliphatic heterocycles. The molecule has 0 saturated heterocycles. The molecular formula is C13H16N2O5S. The SMILES string of the molecule is COC(=O)c1cc(S(=O)(=O)N(C)C(C)CC#N)ccc1O. The normalized spacial score (nSPS) is 12.7. The molecule has 1 unspecified atom stereocenters. The van der Waals surface area contributed by atoms with E-state index in [0.29, 0.717) is 0 Å². The molecule has 0 aromatic heterocycles. The zero-order valence-corrected chi connectivity index (χ0v) is 12.7. The number of nitriles is 1. The highest BCUT2D eigenvalue weighted by atomic mass is 32.2. The van der Waals surface area contributed by atoms with Crippen molar-refractivity contribution in [3.8, 4) is 11.8 Å². The second-order valence-corrected chi connectivity index (χ2v) is 6.40. The molecule has 0 aliphatic carbocycles. The van der Waals surface area contributed by atoms with Crippen molar-refractivity contribution < 1.29 is 23.1 Å². The molecule has 114 valence electrons. The van der Waals surface area contributed by atoms with Crippen molar-refractivity contribution in [1.82, 2.24) is 4.31 Å². The van der Waals surface area contributed by atoms with Crippen LogP contribution in [0, 0.1) is 11.3 Å². The number of nitrogens with zero attached hydrogens (tertiary/aromatic N) is 2. The smallest absolute Gasteiger partial charge is 0.341 e. The lowest BCUT2D eigenvalue weighted by Gasteiger charge is -2.22. The van der Waals surface area contributed by atoms with E-state index in [1.807, 2.05) is 6.07 Å². The molecule has 0 radical (unpaired) electrons. The predicted octanol–water partition coefficient (Wildman–Crippen LogP) is 1.10. The van der Waals surface area contributed by atoms with E-state index in [0.717, 1.165) is 23.5 Å². The maximum Gasteiger partial charge on any atom is 0.341 e. The number of phenols is 1. The molecule has 0 aliphatic rings. The second-order valence-electron chi connectivity index (χ2n) is 4.40. The van der Waals surface area contributed by atoms with Gasteiger partial charge < -0.3 is 9.84 Å². The Morgan fingerprint density at radius 1 is 1.52 bits per heavy atom. The fourth-order valence-corrected chi connectivity index (χ4v) is 3.00. The highest BCUT2D eigenvalue weighted by molar-refractivity contribution is 7.89. The van der Waals surface area contributed by atoms with Crippen LogP contribution in [-0.4, -0.2) is 44.0 Å². The van der Waals surface area contributed by atoms with Gasteiger partial charge in [-0.1, -0.05) is 0 Å². The molecular weight excluding hydrogens is 296 g/mol. The van der Waals surface area contributed by atoms with Crippen LogP contribution in [-0.2, 0) is 14.8 Å². The van der Waals surface area contributed by atoms with Crippen molar-refractivity contribution in [2.45, 2.75) is 24.3 Å². The number of aromatic hydroxyl groups is 1. The van der Waals surface area contributed by atoms with E-state index < -0.39 is 22.0 Å². The standard InChI is InChI=1S/C13H16N2O5S/c1-9(6-7-14)15(2)21(18,19)10-4-5-12(16)11(8-10)13(17)20-3/h4-5,8-9,16H,6H2,1-3H3. The van der Waals surface area contributed by atoms with Gasteiger partial charge in [-0.3, -0.25) is 0 Å². The van der Waals surface area contributed by atoms with E-state index in [4.69, 9.17) is 5.26 Å². The van der Waals surface area contributed by atoms with E-state index >= 15 is 0 Å². The van der Waals surface area contributed by atoms with Crippen LogP contribution < -0.4 is 0 Å². The fourth-order valence-electron chi connectivity index (χ4n) is 1.61. The molecule has 0 bridgehead atoms. The molecule has 7 nitrogen and oxygen atoms in total. The Morgan fingerprint density at radius 3 is 2.67 bits per heavy atom. The molecule has 1 atom stereocenters. The van der Waals surface area contributed by atoms with Crippen LogP contribution in [0.2, 0.25) is 0 Å². The lowest BCUT2D eigenvalue weighted by molar-refractivity contribution is 0.0597. The predicted molar refractivity (Wildman–Crippen MR) is 74.1 cm³/mol. The van der Waals surface area contributed by atoms with Gasteiger partial charge in [-0.05, 0) is 25.1 Å². The topological polar surface area (TPSA) is 108 Å². The summed E-state index contributed by atoms with van der Waals surface area (Å²) in [6.07, 6.45) is 0.0394. The van der Waals surface area contributed by atoms with E-state index in [9.17, 15) is 18.3 Å². The molecule has 1 aromatic carbocycles. The molecule has 8 heteroatoms. The van der Waals surface area contributed by atoms with E-state index in [2.05, 4.69) is 4.74 Å². The Hall–Kier alpha value is -2.11. The van der Waals surface area contributed by atoms with Gasteiger partial charge in [-0.15, -0.1) is 0 Å². The molecule has 1 aromatic rings. The zero-order valence-electron chi connectivity index (χ0n) is 11.9. The highest BCUT2D eigenvalue weighted by Gasteiger charge is 2.27. The summed E-state index contributed by atoms with van der Waals surface area (Å²) in [5.41, 5.74) is -0.236. The van der Waals surface area contributed by atoms with Crippen molar-refractivity contribution in [2.24, 2.45) is 0 Å². The Bertz CT molecular complexity index is 678. The second kappa shape index (κ2) is 6.56. The van der Waals surface area contributed by atoms with E-state index in [1.54, 1.807) is 6.92 Å². The van der Waals surface area contributed by atoms with Gasteiger partial charge in [0.1, 0.15) is 11.3 Å². The monoisotopic (exact) mass is 312 g/mol. The maximum absolute atomic E-state index is 12.4. The highest BCUT2D eigenvalue weighted by Crippen LogP contribution is 2.25. The number of rotatable bonds is 5. The van der Waals surface area contributed by atoms with Crippen molar-refractivity contribution in [3.05, 3.63) is 23.8 Å². The van der Waals surface area contributed by atoms with Crippen molar-refractivity contribution in [1.29, 1.82) is 5.26 Å². The summed E-state index contributed by atoms with van der Waals surface area (Å²) in [5.74, 6) is -1.20. The number of methoxy groups -OCH3 is 1. The minimum atomic E-state index is -3.88. The van der Waals surface area contributed by atoms with Crippen molar-refractivity contribution >= 4 is 16.0 Å². The third kappa shape index (κ3) is 3.51. The average Bonchev–Trinajstić information content (AvgIpc) is 2.46. The maximum atomic E-state index is 12.4. The van der Waals surface area contributed by atoms with Gasteiger partial charge in [0.2, 0.25) is 10.0 Å². The number of esters is 1. The summed E-state index contributed by atoms with van der Waals surface area (Å²) in [6, 6.07) is 4.73. The molecule has 1 N–H and O–H groups in total. The summed E-state index contributed by atoms with van der Waals surface area (Å²) in [4.78, 5) is 11.3. The Labute approximate surface area is 123 Å². The molecule has 0 fully saturated rings. The molecule has 0 heterocycles. The lowest BCUT2D eigenvalue weighted by Crippen LogP contribution is -2.34. The number of carbonyl (C=O) groups is 1. The first-order chi connectivity index (χ1) is 9.75. The van der Waals surface area contributed by atoms with Crippen molar-refractivity contribution in [3.63, 3.8) is 0 Å². The van der Waals surface area contributed by atoms with E-state index in [1.165, 1.54) is 13.1 Å². The first kappa shape index (κ1) is 16.9. The van der Waals surface area contributed by atoms with Gasteiger partial charge in [0.05, 0.1) is 24.5 Å². The van der Waals surface area contributed by atoms with Crippen LogP contribution in [0.15, 0.2) is 23.1 Å². The summed E-state index contributed by atoms with van der Waals surface area (Å²) in [6.45, 7) is 1.60. The third-order valence-corrected chi connectivity index (χ3v) is 5.03. The van der Waals surface area contributed by atoms with Crippen LogP contribution in [0.5, 0.6) is 5.75 Å². The minimum Gasteiger partial charge on any atom is -0.507 e. The van der Waals surface area contributed by atoms with Gasteiger partial charge in [-0.2, -0.15) is 9.57 Å². The number of hydrogen-bond donors (Lipinski definition) is 1. The average molecular weight is 312 g/mol. The number of benzene rings is 1. The van der Waals surface area contributed by atoms with Gasteiger partial charge >= 0.3 is 5.97 Å². The Kier molecular flexibility index (Phi) is 5.29. The first-order valence-electron chi connectivity index (χ1n) is 6.02. The van der Waals surface area contributed by atoms with Gasteiger partial charge in [0, 0.05) is 13.1 Å². The number of hydrogen-bond acceptors (Lipinski definition) is 6. The third-order valence-electron chi connectivity index (χ3n) is 3.06. The van der Waals surface area contributed by atoms with Gasteiger partial charge in [-0.25, -0.2) is 13.2 Å². The summed E-state index contributed by atoms with van der Waals surface area (Å²) in [5, 5.41) is 18.2. The molecule has 21 heavy (non-hydrogen) atoms. The molecule has 1 rings (SSSR count). The quantitative estimate of drug-likeness (QED) is 0.816. The minimum absolute atomic E-state index is 0.0394. The summed E-state index contributed by atoms with van der Waals surface area (Å²) >= 11 is 0. The first-order valence-corrected chi connectivity index (χ1v) is 7.46. The zero-order chi connectivity index (χ0) is 16.2. The largest absolute Gasteiger partial charge is 0.507 e. The molecule has 0 saturated carbocycles.